The molecule has 1 amide bonds. The Kier molecular flexibility index (Phi) is 3.10. The number of carbonyl (C=O) groups excluding carboxylic acids is 1. The molecule has 1 saturated carbocycles. The van der Waals surface area contributed by atoms with Crippen LogP contribution in [0.4, 0.5) is 8.78 Å². The smallest absolute Gasteiger partial charge is 0.352 e. The van der Waals surface area contributed by atoms with Gasteiger partial charge in [0.1, 0.15) is 5.60 Å². The van der Waals surface area contributed by atoms with Gasteiger partial charge in [-0.1, -0.05) is 0 Å². The van der Waals surface area contributed by atoms with Crippen molar-refractivity contribution in [2.45, 2.75) is 37.3 Å². The largest absolute Gasteiger partial charge is 0.383 e. The minimum absolute atomic E-state index is 0.0407. The molecule has 1 aliphatic rings. The van der Waals surface area contributed by atoms with E-state index in [-0.39, 0.29) is 19.4 Å². The molecular weight excluding hydrogens is 244 g/mol. The number of amides is 1. The molecule has 0 aromatic carbocycles. The zero-order valence-electron chi connectivity index (χ0n) is 9.99. The fourth-order valence-corrected chi connectivity index (χ4v) is 1.89. The molecule has 2 N–H and O–H groups in total. The quantitative estimate of drug-likeness (QED) is 0.831. The summed E-state index contributed by atoms with van der Waals surface area (Å²) in [6, 6.07) is 1.62. The number of halogens is 2. The van der Waals surface area contributed by atoms with E-state index in [1.165, 1.54) is 10.9 Å². The standard InChI is InChI=1S/C11H15F2N3O2/c1-16-8(3-6-15-16)7-14-9(17)11(12,13)10(18)4-2-5-10/h3,6,18H,2,4-5,7H2,1H3,(H,14,17). The van der Waals surface area contributed by atoms with Crippen LogP contribution in [0.5, 0.6) is 0 Å². The van der Waals surface area contributed by atoms with Crippen molar-refractivity contribution in [2.24, 2.45) is 7.05 Å². The van der Waals surface area contributed by atoms with Crippen molar-refractivity contribution in [1.82, 2.24) is 15.1 Å². The lowest BCUT2D eigenvalue weighted by Crippen LogP contribution is -2.60. The third-order valence-electron chi connectivity index (χ3n) is 3.40. The van der Waals surface area contributed by atoms with Gasteiger partial charge in [0.05, 0.1) is 12.2 Å². The third-order valence-corrected chi connectivity index (χ3v) is 3.40. The highest BCUT2D eigenvalue weighted by Crippen LogP contribution is 2.44. The van der Waals surface area contributed by atoms with Crippen LogP contribution in [0.2, 0.25) is 0 Å². The Morgan fingerprint density at radius 3 is 2.78 bits per heavy atom. The predicted molar refractivity (Wildman–Crippen MR) is 58.8 cm³/mol. The first-order chi connectivity index (χ1) is 8.37. The molecular formula is C11H15F2N3O2. The zero-order chi connectivity index (χ0) is 13.4. The Hall–Kier alpha value is -1.50. The number of alkyl halides is 2. The van der Waals surface area contributed by atoms with Gasteiger partial charge in [-0.05, 0) is 25.3 Å². The lowest BCUT2D eigenvalue weighted by atomic mass is 9.75. The first-order valence-corrected chi connectivity index (χ1v) is 5.72. The number of hydrogen-bond acceptors (Lipinski definition) is 3. The van der Waals surface area contributed by atoms with Crippen LogP contribution in [0.1, 0.15) is 25.0 Å². The van der Waals surface area contributed by atoms with E-state index in [1.807, 2.05) is 0 Å². The summed E-state index contributed by atoms with van der Waals surface area (Å²) < 4.78 is 28.9. The number of nitrogens with zero attached hydrogens (tertiary/aromatic N) is 2. The Morgan fingerprint density at radius 2 is 2.33 bits per heavy atom. The van der Waals surface area contributed by atoms with Gasteiger partial charge in [0.15, 0.2) is 0 Å². The highest BCUT2D eigenvalue weighted by molar-refractivity contribution is 5.85. The molecule has 1 heterocycles. The van der Waals surface area contributed by atoms with Crippen molar-refractivity contribution >= 4 is 5.91 Å². The fraction of sp³-hybridized carbons (Fsp3) is 0.636. The van der Waals surface area contributed by atoms with E-state index in [2.05, 4.69) is 10.4 Å². The van der Waals surface area contributed by atoms with Crippen LogP contribution in [0, 0.1) is 0 Å². The molecule has 1 fully saturated rings. The molecule has 1 aromatic rings. The van der Waals surface area contributed by atoms with Crippen LogP contribution < -0.4 is 5.32 Å². The number of aromatic nitrogens is 2. The normalized spacial score (nSPS) is 18.2. The van der Waals surface area contributed by atoms with E-state index in [0.29, 0.717) is 12.1 Å². The van der Waals surface area contributed by atoms with Gasteiger partial charge in [-0.15, -0.1) is 0 Å². The Balaban J connectivity index is 1.97. The minimum atomic E-state index is -3.75. The molecule has 1 aromatic heterocycles. The van der Waals surface area contributed by atoms with Crippen LogP contribution in [-0.2, 0) is 18.4 Å². The van der Waals surface area contributed by atoms with Crippen LogP contribution >= 0.6 is 0 Å². The highest BCUT2D eigenvalue weighted by atomic mass is 19.3. The number of rotatable bonds is 4. The van der Waals surface area contributed by atoms with Crippen molar-refractivity contribution in [3.05, 3.63) is 18.0 Å². The summed E-state index contributed by atoms with van der Waals surface area (Å²) in [6.45, 7) is -0.0407. The highest BCUT2D eigenvalue weighted by Gasteiger charge is 2.61. The number of carbonyl (C=O) groups is 1. The van der Waals surface area contributed by atoms with Gasteiger partial charge in [0.25, 0.3) is 5.91 Å². The average molecular weight is 259 g/mol. The molecule has 0 atom stereocenters. The second kappa shape index (κ2) is 4.31. The SMILES string of the molecule is Cn1nccc1CNC(=O)C(F)(F)C1(O)CCC1. The van der Waals surface area contributed by atoms with Gasteiger partial charge in [0.2, 0.25) is 0 Å². The first-order valence-electron chi connectivity index (χ1n) is 5.72. The Bertz CT molecular complexity index is 455. The van der Waals surface area contributed by atoms with E-state index >= 15 is 0 Å². The van der Waals surface area contributed by atoms with Crippen molar-refractivity contribution in [1.29, 1.82) is 0 Å². The van der Waals surface area contributed by atoms with Crippen LogP contribution in [0.3, 0.4) is 0 Å². The van der Waals surface area contributed by atoms with Gasteiger partial charge in [0, 0.05) is 13.2 Å². The zero-order valence-corrected chi connectivity index (χ0v) is 9.99. The fourth-order valence-electron chi connectivity index (χ4n) is 1.89. The number of hydrogen-bond donors (Lipinski definition) is 2. The Morgan fingerprint density at radius 1 is 1.67 bits per heavy atom. The van der Waals surface area contributed by atoms with E-state index in [0.717, 1.165) is 0 Å². The maximum Gasteiger partial charge on any atom is 0.352 e. The van der Waals surface area contributed by atoms with E-state index in [1.54, 1.807) is 13.1 Å². The van der Waals surface area contributed by atoms with Gasteiger partial charge in [-0.25, -0.2) is 0 Å². The van der Waals surface area contributed by atoms with Crippen molar-refractivity contribution < 1.29 is 18.7 Å². The number of aryl methyl sites for hydroxylation is 1. The Labute approximate surface area is 103 Å². The van der Waals surface area contributed by atoms with E-state index in [9.17, 15) is 18.7 Å². The van der Waals surface area contributed by atoms with Gasteiger partial charge in [-0.3, -0.25) is 9.48 Å². The summed E-state index contributed by atoms with van der Waals surface area (Å²) in [5.41, 5.74) is -1.57. The molecule has 7 heteroatoms. The molecule has 2 rings (SSSR count). The molecule has 0 spiro atoms. The summed E-state index contributed by atoms with van der Waals surface area (Å²) >= 11 is 0. The second-order valence-electron chi connectivity index (χ2n) is 4.59. The van der Waals surface area contributed by atoms with Gasteiger partial charge >= 0.3 is 5.92 Å². The maximum atomic E-state index is 13.7. The van der Waals surface area contributed by atoms with Crippen molar-refractivity contribution in [3.63, 3.8) is 0 Å². The molecule has 0 radical (unpaired) electrons. The summed E-state index contributed by atoms with van der Waals surface area (Å²) in [5.74, 6) is -5.19. The number of nitrogens with one attached hydrogen (secondary N) is 1. The molecule has 0 saturated heterocycles. The van der Waals surface area contributed by atoms with Crippen LogP contribution in [0.15, 0.2) is 12.3 Å². The lowest BCUT2D eigenvalue weighted by molar-refractivity contribution is -0.216. The van der Waals surface area contributed by atoms with Crippen molar-refractivity contribution in [3.8, 4) is 0 Å². The minimum Gasteiger partial charge on any atom is -0.383 e. The van der Waals surface area contributed by atoms with E-state index in [4.69, 9.17) is 0 Å². The number of aliphatic hydroxyl groups is 1. The molecule has 0 bridgehead atoms. The van der Waals surface area contributed by atoms with Gasteiger partial charge < -0.3 is 10.4 Å². The van der Waals surface area contributed by atoms with Crippen LogP contribution in [-0.4, -0.2) is 32.3 Å². The maximum absolute atomic E-state index is 13.7. The molecule has 18 heavy (non-hydrogen) atoms. The van der Waals surface area contributed by atoms with Crippen LogP contribution in [0.25, 0.3) is 0 Å². The second-order valence-corrected chi connectivity index (χ2v) is 4.59. The molecule has 1 aliphatic carbocycles. The summed E-state index contributed by atoms with van der Waals surface area (Å²) in [4.78, 5) is 11.5. The molecule has 100 valence electrons. The van der Waals surface area contributed by atoms with Crippen molar-refractivity contribution in [2.75, 3.05) is 0 Å². The average Bonchev–Trinajstić information content (AvgIpc) is 2.68. The summed E-state index contributed by atoms with van der Waals surface area (Å²) in [5, 5.41) is 15.6. The third kappa shape index (κ3) is 1.98. The monoisotopic (exact) mass is 259 g/mol. The van der Waals surface area contributed by atoms with Gasteiger partial charge in [-0.2, -0.15) is 13.9 Å². The molecule has 5 nitrogen and oxygen atoms in total. The molecule has 0 aliphatic heterocycles. The van der Waals surface area contributed by atoms with E-state index < -0.39 is 17.4 Å². The summed E-state index contributed by atoms with van der Waals surface area (Å²) in [7, 11) is 1.65. The predicted octanol–water partition coefficient (Wildman–Crippen LogP) is 0.587. The topological polar surface area (TPSA) is 67.2 Å². The first kappa shape index (κ1) is 12.9. The molecule has 0 unspecified atom stereocenters. The summed E-state index contributed by atoms with van der Waals surface area (Å²) in [6.07, 6.45) is 1.94. The lowest BCUT2D eigenvalue weighted by Gasteiger charge is -2.41.